The maximum absolute atomic E-state index is 13.2. The highest BCUT2D eigenvalue weighted by atomic mass is 16.2. The van der Waals surface area contributed by atoms with Gasteiger partial charge in [-0.2, -0.15) is 0 Å². The molecule has 3 aromatic carbocycles. The molecule has 4 aromatic rings. The Kier molecular flexibility index (Phi) is 4.26. The Bertz CT molecular complexity index is 1010. The summed E-state index contributed by atoms with van der Waals surface area (Å²) in [5.41, 5.74) is 2.23. The van der Waals surface area contributed by atoms with Crippen LogP contribution in [0.25, 0.3) is 11.4 Å². The summed E-state index contributed by atoms with van der Waals surface area (Å²) in [5.74, 6) is 0.690. The molecule has 0 spiro atoms. The topological polar surface area (TPSA) is 59.8 Å². The van der Waals surface area contributed by atoms with Crippen LogP contribution in [0.1, 0.15) is 10.4 Å². The van der Waals surface area contributed by atoms with Gasteiger partial charge < -0.3 is 5.32 Å². The number of anilines is 2. The minimum absolute atomic E-state index is 0.187. The predicted molar refractivity (Wildman–Crippen MR) is 101 cm³/mol. The van der Waals surface area contributed by atoms with Crippen LogP contribution in [-0.4, -0.2) is 20.7 Å². The molecule has 0 amide bonds. The number of aromatic nitrogens is 3. The monoisotopic (exact) mass is 340 g/mol. The molecule has 5 nitrogen and oxygen atoms in total. The summed E-state index contributed by atoms with van der Waals surface area (Å²) in [6.45, 7) is 0. The van der Waals surface area contributed by atoms with Gasteiger partial charge in [0.25, 0.3) is 5.91 Å². The van der Waals surface area contributed by atoms with Crippen molar-refractivity contribution in [1.82, 2.24) is 14.8 Å². The number of carbonyl (C=O) groups excluding carboxylic acids is 1. The van der Waals surface area contributed by atoms with Crippen LogP contribution < -0.4 is 5.32 Å². The summed E-state index contributed by atoms with van der Waals surface area (Å²) < 4.78 is 1.51. The lowest BCUT2D eigenvalue weighted by Crippen LogP contribution is -2.16. The number of rotatable bonds is 4. The molecule has 4 rings (SSSR count). The van der Waals surface area contributed by atoms with Crippen LogP contribution in [-0.2, 0) is 0 Å². The quantitative estimate of drug-likeness (QED) is 0.599. The van der Waals surface area contributed by atoms with Gasteiger partial charge in [-0.15, -0.1) is 10.2 Å². The van der Waals surface area contributed by atoms with Crippen LogP contribution in [0, 0.1) is 0 Å². The molecular weight excluding hydrogens is 324 g/mol. The van der Waals surface area contributed by atoms with Crippen LogP contribution >= 0.6 is 0 Å². The average Bonchev–Trinajstić information content (AvgIpc) is 3.13. The molecule has 5 heteroatoms. The first-order chi connectivity index (χ1) is 12.8. The van der Waals surface area contributed by atoms with Crippen LogP contribution in [0.15, 0.2) is 91.0 Å². The maximum Gasteiger partial charge on any atom is 0.266 e. The van der Waals surface area contributed by atoms with Gasteiger partial charge in [0.15, 0.2) is 5.82 Å². The second-order valence-corrected chi connectivity index (χ2v) is 5.71. The molecule has 0 saturated heterocycles. The van der Waals surface area contributed by atoms with E-state index in [-0.39, 0.29) is 5.91 Å². The summed E-state index contributed by atoms with van der Waals surface area (Å²) in [6.07, 6.45) is 0. The zero-order chi connectivity index (χ0) is 17.8. The number of hydrogen-bond donors (Lipinski definition) is 1. The summed E-state index contributed by atoms with van der Waals surface area (Å²) >= 11 is 0. The molecule has 1 aromatic heterocycles. The van der Waals surface area contributed by atoms with E-state index in [2.05, 4.69) is 15.5 Å². The van der Waals surface area contributed by atoms with Crippen LogP contribution in [0.3, 0.4) is 0 Å². The highest BCUT2D eigenvalue weighted by Crippen LogP contribution is 2.24. The lowest BCUT2D eigenvalue weighted by atomic mass is 10.2. The van der Waals surface area contributed by atoms with Gasteiger partial charge in [0.05, 0.1) is 0 Å². The Labute approximate surface area is 151 Å². The number of nitrogens with one attached hydrogen (secondary N) is 1. The van der Waals surface area contributed by atoms with E-state index in [0.29, 0.717) is 17.3 Å². The maximum atomic E-state index is 13.2. The van der Waals surface area contributed by atoms with E-state index in [1.54, 1.807) is 12.1 Å². The standard InChI is InChI=1S/C21H16N4O/c26-20(17-12-6-2-7-13-17)25-19(16-10-4-1-5-11-16)23-24-21(25)22-18-14-8-3-9-15-18/h1-15H,(H,22,24). The predicted octanol–water partition coefficient (Wildman–Crippen LogP) is 4.38. The third-order valence-corrected chi connectivity index (χ3v) is 3.95. The van der Waals surface area contributed by atoms with Gasteiger partial charge in [-0.1, -0.05) is 66.7 Å². The van der Waals surface area contributed by atoms with E-state index < -0.39 is 0 Å². The van der Waals surface area contributed by atoms with E-state index in [0.717, 1.165) is 11.3 Å². The normalized spacial score (nSPS) is 10.5. The van der Waals surface area contributed by atoms with Gasteiger partial charge in [0, 0.05) is 16.8 Å². The van der Waals surface area contributed by atoms with Crippen LogP contribution in [0.5, 0.6) is 0 Å². The van der Waals surface area contributed by atoms with Crippen molar-refractivity contribution in [3.8, 4) is 11.4 Å². The highest BCUT2D eigenvalue weighted by molar-refractivity contribution is 5.99. The first-order valence-electron chi connectivity index (χ1n) is 8.25. The molecule has 0 fully saturated rings. The Morgan fingerprint density at radius 3 is 1.96 bits per heavy atom. The fourth-order valence-corrected chi connectivity index (χ4v) is 2.69. The second kappa shape index (κ2) is 7.03. The number of benzene rings is 3. The number of nitrogens with zero attached hydrogens (tertiary/aromatic N) is 3. The molecule has 0 saturated carbocycles. The first kappa shape index (κ1) is 15.8. The molecule has 0 aliphatic heterocycles. The van der Waals surface area contributed by atoms with Crippen molar-refractivity contribution >= 4 is 17.5 Å². The average molecular weight is 340 g/mol. The van der Waals surface area contributed by atoms with E-state index >= 15 is 0 Å². The number of hydrogen-bond acceptors (Lipinski definition) is 4. The number of para-hydroxylation sites is 1. The van der Waals surface area contributed by atoms with E-state index in [1.165, 1.54) is 4.57 Å². The lowest BCUT2D eigenvalue weighted by molar-refractivity contribution is 0.0964. The Morgan fingerprint density at radius 2 is 1.31 bits per heavy atom. The SMILES string of the molecule is O=C(c1ccccc1)n1c(Nc2ccccc2)nnc1-c1ccccc1. The molecule has 0 unspecified atom stereocenters. The summed E-state index contributed by atoms with van der Waals surface area (Å²) in [6, 6.07) is 28.3. The number of carbonyl (C=O) groups is 1. The van der Waals surface area contributed by atoms with Gasteiger partial charge in [-0.05, 0) is 24.3 Å². The van der Waals surface area contributed by atoms with Gasteiger partial charge >= 0.3 is 0 Å². The smallest absolute Gasteiger partial charge is 0.266 e. The summed E-state index contributed by atoms with van der Waals surface area (Å²) in [7, 11) is 0. The van der Waals surface area contributed by atoms with Crippen molar-refractivity contribution in [2.75, 3.05) is 5.32 Å². The molecule has 1 heterocycles. The van der Waals surface area contributed by atoms with E-state index in [1.807, 2.05) is 78.9 Å². The van der Waals surface area contributed by atoms with Gasteiger partial charge in [0.2, 0.25) is 5.95 Å². The van der Waals surface area contributed by atoms with Crippen LogP contribution in [0.4, 0.5) is 11.6 Å². The highest BCUT2D eigenvalue weighted by Gasteiger charge is 2.21. The van der Waals surface area contributed by atoms with Crippen molar-refractivity contribution in [1.29, 1.82) is 0 Å². The Balaban J connectivity index is 1.82. The van der Waals surface area contributed by atoms with E-state index in [4.69, 9.17) is 0 Å². The zero-order valence-electron chi connectivity index (χ0n) is 13.9. The molecular formula is C21H16N4O. The summed E-state index contributed by atoms with van der Waals surface area (Å²) in [4.78, 5) is 13.2. The molecule has 126 valence electrons. The fourth-order valence-electron chi connectivity index (χ4n) is 2.69. The third kappa shape index (κ3) is 3.10. The third-order valence-electron chi connectivity index (χ3n) is 3.95. The second-order valence-electron chi connectivity index (χ2n) is 5.71. The lowest BCUT2D eigenvalue weighted by Gasteiger charge is -2.10. The van der Waals surface area contributed by atoms with Gasteiger partial charge in [-0.25, -0.2) is 4.57 Å². The van der Waals surface area contributed by atoms with E-state index in [9.17, 15) is 4.79 Å². The fraction of sp³-hybridized carbons (Fsp3) is 0. The van der Waals surface area contributed by atoms with Crippen molar-refractivity contribution in [2.24, 2.45) is 0 Å². The Morgan fingerprint density at radius 1 is 0.731 bits per heavy atom. The van der Waals surface area contributed by atoms with Crippen molar-refractivity contribution in [3.63, 3.8) is 0 Å². The Hall–Kier alpha value is -3.73. The van der Waals surface area contributed by atoms with Gasteiger partial charge in [0.1, 0.15) is 0 Å². The molecule has 0 radical (unpaired) electrons. The van der Waals surface area contributed by atoms with Crippen LogP contribution in [0.2, 0.25) is 0 Å². The van der Waals surface area contributed by atoms with Crippen molar-refractivity contribution in [3.05, 3.63) is 96.6 Å². The first-order valence-corrected chi connectivity index (χ1v) is 8.25. The largest absolute Gasteiger partial charge is 0.324 e. The molecule has 0 aliphatic rings. The summed E-state index contributed by atoms with van der Waals surface area (Å²) in [5, 5.41) is 11.7. The molecule has 1 N–H and O–H groups in total. The molecule has 26 heavy (non-hydrogen) atoms. The van der Waals surface area contributed by atoms with Crippen molar-refractivity contribution in [2.45, 2.75) is 0 Å². The van der Waals surface area contributed by atoms with Gasteiger partial charge in [-0.3, -0.25) is 4.79 Å². The molecule has 0 aliphatic carbocycles. The molecule has 0 atom stereocenters. The van der Waals surface area contributed by atoms with Crippen molar-refractivity contribution < 1.29 is 4.79 Å². The zero-order valence-corrected chi connectivity index (χ0v) is 13.9. The minimum Gasteiger partial charge on any atom is -0.324 e. The molecule has 0 bridgehead atoms. The minimum atomic E-state index is -0.187.